The normalized spacial score (nSPS) is 17.1. The summed E-state index contributed by atoms with van der Waals surface area (Å²) in [4.78, 5) is 12.0. The largest absolute Gasteiger partial charge is 0.377 e. The average Bonchev–Trinajstić information content (AvgIpc) is 3.08. The number of carbonyl (C=O) groups excluding carboxylic acids is 1. The Kier molecular flexibility index (Phi) is 6.18. The van der Waals surface area contributed by atoms with E-state index in [0.29, 0.717) is 5.69 Å². The summed E-state index contributed by atoms with van der Waals surface area (Å²) >= 11 is 0. The van der Waals surface area contributed by atoms with Gasteiger partial charge in [0.15, 0.2) is 9.84 Å². The minimum atomic E-state index is -3.15. The van der Waals surface area contributed by atoms with Crippen LogP contribution in [-0.4, -0.2) is 32.4 Å². The lowest BCUT2D eigenvalue weighted by atomic mass is 10.1. The van der Waals surface area contributed by atoms with Crippen LogP contribution in [0.3, 0.4) is 0 Å². The molecule has 0 aromatic heterocycles. The van der Waals surface area contributed by atoms with Crippen LogP contribution in [0, 0.1) is 0 Å². The Bertz CT molecular complexity index is 636. The number of benzene rings is 1. The maximum atomic E-state index is 12.2. The van der Waals surface area contributed by atoms with Crippen molar-refractivity contribution in [2.75, 3.05) is 18.2 Å². The molecular weight excluding hydrogens is 314 g/mol. The van der Waals surface area contributed by atoms with Gasteiger partial charge in [0, 0.05) is 19.2 Å². The van der Waals surface area contributed by atoms with E-state index in [1.165, 1.54) is 0 Å². The highest BCUT2D eigenvalue weighted by atomic mass is 32.2. The summed E-state index contributed by atoms with van der Waals surface area (Å²) in [5.74, 6) is -0.341. The Morgan fingerprint density at radius 2 is 2.04 bits per heavy atom. The average molecular weight is 339 g/mol. The van der Waals surface area contributed by atoms with E-state index in [9.17, 15) is 13.2 Å². The summed E-state index contributed by atoms with van der Waals surface area (Å²) in [7, 11) is -1.52. The highest BCUT2D eigenvalue weighted by Crippen LogP contribution is 2.25. The summed E-state index contributed by atoms with van der Waals surface area (Å²) in [6.45, 7) is 1.93. The molecule has 0 unspecified atom stereocenters. The molecule has 128 valence electrons. The van der Waals surface area contributed by atoms with E-state index >= 15 is 0 Å². The third kappa shape index (κ3) is 5.04. The van der Waals surface area contributed by atoms with Crippen LogP contribution in [-0.2, 0) is 19.4 Å². The lowest BCUT2D eigenvalue weighted by Gasteiger charge is -2.13. The van der Waals surface area contributed by atoms with Crippen LogP contribution in [0.2, 0.25) is 0 Å². The van der Waals surface area contributed by atoms with E-state index in [0.717, 1.165) is 31.2 Å². The van der Waals surface area contributed by atoms with Gasteiger partial charge in [0.1, 0.15) is 0 Å². The molecule has 1 fully saturated rings. The number of anilines is 1. The predicted molar refractivity (Wildman–Crippen MR) is 91.2 cm³/mol. The van der Waals surface area contributed by atoms with Crippen molar-refractivity contribution in [3.63, 3.8) is 0 Å². The molecule has 0 bridgehead atoms. The molecule has 0 radical (unpaired) electrons. The van der Waals surface area contributed by atoms with Gasteiger partial charge in [0.25, 0.3) is 0 Å². The van der Waals surface area contributed by atoms with Crippen molar-refractivity contribution >= 4 is 21.4 Å². The topological polar surface area (TPSA) is 72.5 Å². The van der Waals surface area contributed by atoms with E-state index in [4.69, 9.17) is 4.74 Å². The molecule has 1 aliphatic carbocycles. The minimum absolute atomic E-state index is 0.00287. The Morgan fingerprint density at radius 1 is 1.35 bits per heavy atom. The van der Waals surface area contributed by atoms with Crippen LogP contribution >= 0.6 is 0 Å². The first-order valence-electron chi connectivity index (χ1n) is 8.06. The molecule has 1 aromatic rings. The Hall–Kier alpha value is -1.40. The van der Waals surface area contributed by atoms with Crippen LogP contribution in [0.15, 0.2) is 24.3 Å². The van der Waals surface area contributed by atoms with Gasteiger partial charge < -0.3 is 10.1 Å². The first-order chi connectivity index (χ1) is 10.9. The monoisotopic (exact) mass is 339 g/mol. The van der Waals surface area contributed by atoms with Crippen LogP contribution in [0.5, 0.6) is 0 Å². The van der Waals surface area contributed by atoms with Crippen LogP contribution in [0.1, 0.15) is 50.7 Å². The number of carbonyl (C=O) groups is 1. The minimum Gasteiger partial charge on any atom is -0.377 e. The van der Waals surface area contributed by atoms with Gasteiger partial charge in [-0.1, -0.05) is 25.0 Å². The number of methoxy groups -OCH3 is 1. The van der Waals surface area contributed by atoms with Crippen LogP contribution in [0.4, 0.5) is 5.69 Å². The molecule has 5 nitrogen and oxygen atoms in total. The predicted octanol–water partition coefficient (Wildman–Crippen LogP) is 3.08. The number of ether oxygens (including phenoxy) is 1. The summed E-state index contributed by atoms with van der Waals surface area (Å²) in [5.41, 5.74) is 1.62. The number of hydrogen-bond donors (Lipinski definition) is 1. The molecule has 1 amide bonds. The van der Waals surface area contributed by atoms with Gasteiger partial charge in [-0.05, 0) is 37.5 Å². The molecule has 0 heterocycles. The summed E-state index contributed by atoms with van der Waals surface area (Å²) in [6, 6.07) is 7.40. The molecule has 0 saturated heterocycles. The molecular formula is C17H25NO4S. The molecule has 1 atom stereocenters. The number of rotatable bonds is 7. The van der Waals surface area contributed by atoms with Crippen molar-refractivity contribution in [3.05, 3.63) is 29.8 Å². The molecule has 0 aliphatic heterocycles. The van der Waals surface area contributed by atoms with Gasteiger partial charge in [-0.25, -0.2) is 8.42 Å². The van der Waals surface area contributed by atoms with Crippen LogP contribution in [0.25, 0.3) is 0 Å². The number of hydrogen-bond acceptors (Lipinski definition) is 4. The van der Waals surface area contributed by atoms with Gasteiger partial charge in [-0.2, -0.15) is 0 Å². The molecule has 1 aliphatic rings. The van der Waals surface area contributed by atoms with Gasteiger partial charge in [-0.3, -0.25) is 4.79 Å². The highest BCUT2D eigenvalue weighted by Gasteiger charge is 2.28. The van der Waals surface area contributed by atoms with Gasteiger partial charge in [0.05, 0.1) is 17.1 Å². The highest BCUT2D eigenvalue weighted by molar-refractivity contribution is 7.92. The quantitative estimate of drug-likeness (QED) is 0.828. The van der Waals surface area contributed by atoms with Gasteiger partial charge in [0.2, 0.25) is 5.91 Å². The van der Waals surface area contributed by atoms with Crippen molar-refractivity contribution in [1.82, 2.24) is 0 Å². The zero-order valence-corrected chi connectivity index (χ0v) is 14.6. The Labute approximate surface area is 138 Å². The van der Waals surface area contributed by atoms with E-state index in [2.05, 4.69) is 5.32 Å². The lowest BCUT2D eigenvalue weighted by Crippen LogP contribution is -2.24. The summed E-state index contributed by atoms with van der Waals surface area (Å²) < 4.78 is 29.6. The smallest absolute Gasteiger partial charge is 0.225 e. The van der Waals surface area contributed by atoms with Gasteiger partial charge >= 0.3 is 0 Å². The van der Waals surface area contributed by atoms with Crippen molar-refractivity contribution in [2.45, 2.75) is 50.4 Å². The third-order valence-electron chi connectivity index (χ3n) is 4.42. The maximum absolute atomic E-state index is 12.2. The van der Waals surface area contributed by atoms with Crippen molar-refractivity contribution in [3.8, 4) is 0 Å². The molecule has 2 rings (SSSR count). The molecule has 1 aromatic carbocycles. The second-order valence-corrected chi connectivity index (χ2v) is 8.48. The molecule has 1 saturated carbocycles. The fourth-order valence-corrected chi connectivity index (χ4v) is 4.73. The summed E-state index contributed by atoms with van der Waals surface area (Å²) in [6.07, 6.45) is 3.36. The Balaban J connectivity index is 1.89. The Morgan fingerprint density at radius 3 is 2.70 bits per heavy atom. The fraction of sp³-hybridized carbons (Fsp3) is 0.588. The SMILES string of the molecule is CO[C@H](C)c1cccc(NC(=O)CCS(=O)(=O)C2CCCC2)c1. The lowest BCUT2D eigenvalue weighted by molar-refractivity contribution is -0.115. The first kappa shape index (κ1) is 17.9. The standard InChI is InChI=1S/C17H25NO4S/c1-13(22-2)14-6-5-7-15(12-14)18-17(19)10-11-23(20,21)16-8-3-4-9-16/h5-7,12-13,16H,3-4,8-11H2,1-2H3,(H,18,19)/t13-/m1/s1. The molecule has 0 spiro atoms. The zero-order valence-electron chi connectivity index (χ0n) is 13.7. The van der Waals surface area contributed by atoms with Gasteiger partial charge in [-0.15, -0.1) is 0 Å². The fourth-order valence-electron chi connectivity index (χ4n) is 2.88. The van der Waals surface area contributed by atoms with E-state index in [1.807, 2.05) is 25.1 Å². The number of nitrogens with one attached hydrogen (secondary N) is 1. The maximum Gasteiger partial charge on any atom is 0.225 e. The summed E-state index contributed by atoms with van der Waals surface area (Å²) in [5, 5.41) is 2.52. The third-order valence-corrected chi connectivity index (χ3v) is 6.68. The molecule has 23 heavy (non-hydrogen) atoms. The second-order valence-electron chi connectivity index (χ2n) is 6.08. The van der Waals surface area contributed by atoms with E-state index in [1.54, 1.807) is 13.2 Å². The van der Waals surface area contributed by atoms with Crippen molar-refractivity contribution < 1.29 is 17.9 Å². The molecule has 6 heteroatoms. The van der Waals surface area contributed by atoms with E-state index in [-0.39, 0.29) is 29.4 Å². The van der Waals surface area contributed by atoms with Crippen LogP contribution < -0.4 is 5.32 Å². The van der Waals surface area contributed by atoms with Crippen molar-refractivity contribution in [1.29, 1.82) is 0 Å². The zero-order chi connectivity index (χ0) is 16.9. The van der Waals surface area contributed by atoms with E-state index < -0.39 is 9.84 Å². The first-order valence-corrected chi connectivity index (χ1v) is 9.78. The number of amides is 1. The van der Waals surface area contributed by atoms with Crippen molar-refractivity contribution in [2.24, 2.45) is 0 Å². The number of sulfone groups is 1. The molecule has 1 N–H and O–H groups in total. The second kappa shape index (κ2) is 7.93.